The molecule has 30 heavy (non-hydrogen) atoms. The van der Waals surface area contributed by atoms with Crippen molar-refractivity contribution in [2.24, 2.45) is 0 Å². The fourth-order valence-electron chi connectivity index (χ4n) is 1.32. The molecule has 0 heterocycles. The number of carbonyl (C=O) groups is 2. The molecule has 0 aromatic rings. The molecule has 0 rings (SSSR count). The van der Waals surface area contributed by atoms with Crippen molar-refractivity contribution in [1.29, 1.82) is 0 Å². The number of carboxylic acids is 2. The topological polar surface area (TPSA) is 343 Å². The van der Waals surface area contributed by atoms with Gasteiger partial charge in [0.25, 0.3) is 0 Å². The first-order chi connectivity index (χ1) is 11.8. The average molecular weight is 512 g/mol. The number of aliphatic carboxylic acids is 2. The molecule has 12 N–H and O–H groups in total. The fourth-order valence-corrected chi connectivity index (χ4v) is 1.32. The van der Waals surface area contributed by atoms with Crippen LogP contribution in [-0.2, 0) is 26.7 Å². The third-order valence-corrected chi connectivity index (χ3v) is 2.99. The van der Waals surface area contributed by atoms with E-state index in [9.17, 15) is 19.8 Å². The molecule has 0 aliphatic carbocycles. The molecule has 181 valence electrons. The van der Waals surface area contributed by atoms with Crippen molar-refractivity contribution >= 4 is 35.0 Å². The number of hydrogen-bond donors (Lipinski definition) is 10. The number of hydrogen-bond acceptors (Lipinski definition) is 16. The van der Waals surface area contributed by atoms with Gasteiger partial charge in [0.15, 0.2) is 0 Å². The van der Waals surface area contributed by atoms with Gasteiger partial charge in [0, 0.05) is 0 Å². The Bertz CT molecular complexity index is 393. The second-order valence-corrected chi connectivity index (χ2v) is 4.99. The van der Waals surface area contributed by atoms with Gasteiger partial charge in [0.2, 0.25) is 0 Å². The van der Waals surface area contributed by atoms with Crippen molar-refractivity contribution in [3.8, 4) is 0 Å². The minimum Gasteiger partial charge on any atom is -0.870 e. The molecule has 0 bridgehead atoms. The molecule has 0 aliphatic rings. The maximum Gasteiger partial charge on any atom is 2.00 e. The molecule has 0 aromatic carbocycles. The molecule has 0 aromatic heterocycles. The first kappa shape index (κ1) is 43.6. The molecule has 0 spiro atoms. The Balaban J connectivity index is -0.0000000847. The first-order valence-electron chi connectivity index (χ1n) is 6.91. The van der Waals surface area contributed by atoms with Crippen LogP contribution in [0.5, 0.6) is 0 Å². The van der Waals surface area contributed by atoms with Crippen LogP contribution in [0.15, 0.2) is 0 Å². The molecule has 0 fully saturated rings. The van der Waals surface area contributed by atoms with Crippen LogP contribution in [0.3, 0.4) is 0 Å². The van der Waals surface area contributed by atoms with Crippen LogP contribution >= 0.6 is 0 Å². The maximum atomic E-state index is 9.98. The molecule has 0 saturated heterocycles. The average Bonchev–Trinajstić information content (AvgIpc) is 2.62. The van der Waals surface area contributed by atoms with Gasteiger partial charge in [-0.15, -0.1) is 0 Å². The van der Waals surface area contributed by atoms with E-state index in [2.05, 4.69) is 0 Å². The molecule has 1 radical (unpaired) electrons. The Labute approximate surface area is 195 Å². The second-order valence-electron chi connectivity index (χ2n) is 4.99. The minimum atomic E-state index is -2.31. The molecular weight excluding hydrogens is 488 g/mol. The van der Waals surface area contributed by atoms with Crippen molar-refractivity contribution in [1.82, 2.24) is 0 Å². The zero-order valence-electron chi connectivity index (χ0n) is 15.0. The molecule has 16 nitrogen and oxygen atoms in total. The zero-order valence-corrected chi connectivity index (χ0v) is 17.4. The van der Waals surface area contributed by atoms with Gasteiger partial charge in [-0.25, -0.2) is 0 Å². The molecule has 8 atom stereocenters. The van der Waals surface area contributed by atoms with Crippen LogP contribution in [0.25, 0.3) is 0 Å². The van der Waals surface area contributed by atoms with E-state index in [-0.39, 0.29) is 51.1 Å². The SMILES string of the molecule is O=C([O-])[C@H](O)[C@@H](O)[C@H](O)[C@H](O)CO.O=C([O-])[C@H](O)[C@@H](O)[C@H](O)[C@H](O)CO.[Cu+2].[Mg+2].[OH-].[OH-]. The summed E-state index contributed by atoms with van der Waals surface area (Å²) < 4.78 is 0. The quantitative estimate of drug-likeness (QED) is 0.121. The summed E-state index contributed by atoms with van der Waals surface area (Å²) >= 11 is 0. The summed E-state index contributed by atoms with van der Waals surface area (Å²) in [6.07, 6.45) is -16.2. The molecule has 18 heteroatoms. The minimum absolute atomic E-state index is 0. The molecule has 0 unspecified atom stereocenters. The Morgan fingerprint density at radius 2 is 0.800 bits per heavy atom. The second kappa shape index (κ2) is 22.0. The summed E-state index contributed by atoms with van der Waals surface area (Å²) in [5.74, 6) is -3.95. The smallest absolute Gasteiger partial charge is 0.870 e. The van der Waals surface area contributed by atoms with Crippen LogP contribution in [0.4, 0.5) is 0 Å². The van der Waals surface area contributed by atoms with Crippen molar-refractivity contribution in [3.05, 3.63) is 0 Å². The van der Waals surface area contributed by atoms with E-state index in [0.717, 1.165) is 0 Å². The molecule has 0 amide bonds. The predicted molar refractivity (Wildman–Crippen MR) is 81.9 cm³/mol. The fraction of sp³-hybridized carbons (Fsp3) is 0.833. The number of aliphatic hydroxyl groups is 10. The van der Waals surface area contributed by atoms with Crippen molar-refractivity contribution < 1.29 is 98.9 Å². The predicted octanol–water partition coefficient (Wildman–Crippen LogP) is -10.4. The summed E-state index contributed by atoms with van der Waals surface area (Å²) in [7, 11) is 0. The van der Waals surface area contributed by atoms with Crippen LogP contribution in [0.1, 0.15) is 0 Å². The number of carboxylic acid groups (broad SMARTS) is 2. The van der Waals surface area contributed by atoms with Gasteiger partial charge in [-0.1, -0.05) is 0 Å². The number of aliphatic hydroxyl groups excluding tert-OH is 10. The van der Waals surface area contributed by atoms with Gasteiger partial charge in [-0.05, 0) is 0 Å². The summed E-state index contributed by atoms with van der Waals surface area (Å²) in [6.45, 7) is -1.73. The van der Waals surface area contributed by atoms with Gasteiger partial charge in [0.1, 0.15) is 48.8 Å². The Morgan fingerprint density at radius 1 is 0.600 bits per heavy atom. The summed E-state index contributed by atoms with van der Waals surface area (Å²) in [5.41, 5.74) is 0. The van der Waals surface area contributed by atoms with Gasteiger partial charge >= 0.3 is 40.1 Å². The molecule has 0 aliphatic heterocycles. The van der Waals surface area contributed by atoms with Gasteiger partial charge in [-0.2, -0.15) is 0 Å². The van der Waals surface area contributed by atoms with Crippen LogP contribution < -0.4 is 10.2 Å². The van der Waals surface area contributed by atoms with E-state index in [0.29, 0.717) is 0 Å². The molecule has 0 saturated carbocycles. The van der Waals surface area contributed by atoms with Crippen molar-refractivity contribution in [2.75, 3.05) is 13.2 Å². The Kier molecular flexibility index (Phi) is 31.9. The largest absolute Gasteiger partial charge is 2.00 e. The third-order valence-electron chi connectivity index (χ3n) is 2.99. The molecular formula is C12H24CuMgO16. The van der Waals surface area contributed by atoms with Crippen molar-refractivity contribution in [3.63, 3.8) is 0 Å². The van der Waals surface area contributed by atoms with Crippen LogP contribution in [0.2, 0.25) is 0 Å². The third kappa shape index (κ3) is 15.5. The normalized spacial score (nSPS) is 17.7. The van der Waals surface area contributed by atoms with Crippen molar-refractivity contribution in [2.45, 2.75) is 48.8 Å². The Hall–Kier alpha value is -0.254. The monoisotopic (exact) mass is 511 g/mol. The summed E-state index contributed by atoms with van der Waals surface area (Å²) in [6, 6.07) is 0. The number of carbonyl (C=O) groups excluding carboxylic acids is 2. The van der Waals surface area contributed by atoms with Gasteiger partial charge in [0.05, 0.1) is 25.2 Å². The van der Waals surface area contributed by atoms with E-state index in [1.54, 1.807) is 0 Å². The maximum absolute atomic E-state index is 9.98. The van der Waals surface area contributed by atoms with Crippen LogP contribution in [0, 0.1) is 0 Å². The van der Waals surface area contributed by atoms with Gasteiger partial charge < -0.3 is 81.8 Å². The summed E-state index contributed by atoms with van der Waals surface area (Å²) in [4.78, 5) is 20.0. The number of rotatable bonds is 10. The zero-order chi connectivity index (χ0) is 21.2. The van der Waals surface area contributed by atoms with E-state index in [4.69, 9.17) is 51.1 Å². The standard InChI is InChI=1S/2C6H12O7.Cu.Mg.2H2O/c2*7-1-2(8)3(9)4(10)5(11)6(12)13;;;;/h2*2-5,7-11H,1H2,(H,12,13);;;2*1H2/q;;2*+2;;/p-4/t2*2-,3-,4+,5-;;;;/m11..../s1. The van der Waals surface area contributed by atoms with Crippen LogP contribution in [-0.4, -0.2) is 159 Å². The van der Waals surface area contributed by atoms with E-state index < -0.39 is 74.0 Å². The summed E-state index contributed by atoms with van der Waals surface area (Å²) in [5, 5.41) is 107. The Morgan fingerprint density at radius 3 is 0.933 bits per heavy atom. The van der Waals surface area contributed by atoms with E-state index >= 15 is 0 Å². The van der Waals surface area contributed by atoms with E-state index in [1.807, 2.05) is 0 Å². The first-order valence-corrected chi connectivity index (χ1v) is 6.91. The van der Waals surface area contributed by atoms with E-state index in [1.165, 1.54) is 0 Å². The van der Waals surface area contributed by atoms with Gasteiger partial charge in [-0.3, -0.25) is 0 Å².